The molecule has 0 bridgehead atoms. The van der Waals surface area contributed by atoms with Gasteiger partial charge in [0, 0.05) is 32.6 Å². The van der Waals surface area contributed by atoms with Gasteiger partial charge in [-0.25, -0.2) is 0 Å². The second kappa shape index (κ2) is 11.3. The Hall–Kier alpha value is -2.24. The van der Waals surface area contributed by atoms with E-state index in [1.54, 1.807) is 14.2 Å². The molecule has 6 nitrogen and oxygen atoms in total. The molecule has 1 aromatic rings. The number of carbonyl (C=O) groups is 1. The lowest BCUT2D eigenvalue weighted by Gasteiger charge is -2.14. The summed E-state index contributed by atoms with van der Waals surface area (Å²) in [6.07, 6.45) is 2.20. The average Bonchev–Trinajstić information content (AvgIpc) is 2.60. The van der Waals surface area contributed by atoms with Crippen LogP contribution in [0.25, 0.3) is 0 Å². The molecule has 0 heterocycles. The van der Waals surface area contributed by atoms with Crippen molar-refractivity contribution in [2.24, 2.45) is 4.99 Å². The van der Waals surface area contributed by atoms with E-state index in [1.165, 1.54) is 0 Å². The Labute approximate surface area is 145 Å². The second-order valence-corrected chi connectivity index (χ2v) is 5.61. The number of methoxy groups -OCH3 is 1. The fourth-order valence-corrected chi connectivity index (χ4v) is 2.19. The monoisotopic (exact) mass is 334 g/mol. The van der Waals surface area contributed by atoms with Crippen molar-refractivity contribution in [3.05, 3.63) is 29.8 Å². The summed E-state index contributed by atoms with van der Waals surface area (Å²) in [4.78, 5) is 15.9. The number of carbonyl (C=O) groups excluding carboxylic acids is 1. The summed E-state index contributed by atoms with van der Waals surface area (Å²) in [6, 6.07) is 8.19. The number of benzene rings is 1. The van der Waals surface area contributed by atoms with Crippen molar-refractivity contribution < 1.29 is 9.53 Å². The number of ether oxygens (including phenoxy) is 1. The predicted octanol–water partition coefficient (Wildman–Crippen LogP) is 1.71. The lowest BCUT2D eigenvalue weighted by atomic mass is 10.1. The van der Waals surface area contributed by atoms with Gasteiger partial charge in [-0.1, -0.05) is 25.1 Å². The van der Waals surface area contributed by atoms with Gasteiger partial charge in [0.15, 0.2) is 5.96 Å². The van der Waals surface area contributed by atoms with Crippen molar-refractivity contribution in [2.75, 3.05) is 27.2 Å². The van der Waals surface area contributed by atoms with E-state index in [0.29, 0.717) is 18.9 Å². The smallest absolute Gasteiger partial charge is 0.221 e. The second-order valence-electron chi connectivity index (χ2n) is 5.61. The van der Waals surface area contributed by atoms with Gasteiger partial charge in [0.2, 0.25) is 5.91 Å². The van der Waals surface area contributed by atoms with Crippen molar-refractivity contribution >= 4 is 11.9 Å². The summed E-state index contributed by atoms with van der Waals surface area (Å²) < 4.78 is 5.34. The Morgan fingerprint density at radius 1 is 1.25 bits per heavy atom. The van der Waals surface area contributed by atoms with Crippen LogP contribution in [0.5, 0.6) is 5.75 Å². The van der Waals surface area contributed by atoms with Crippen molar-refractivity contribution in [3.8, 4) is 5.75 Å². The Morgan fingerprint density at radius 3 is 2.62 bits per heavy atom. The summed E-state index contributed by atoms with van der Waals surface area (Å²) in [5.74, 6) is 1.64. The molecule has 0 saturated carbocycles. The van der Waals surface area contributed by atoms with Crippen LogP contribution in [0.1, 0.15) is 32.3 Å². The van der Waals surface area contributed by atoms with E-state index in [1.807, 2.05) is 25.1 Å². The van der Waals surface area contributed by atoms with Gasteiger partial charge in [0.1, 0.15) is 5.75 Å². The van der Waals surface area contributed by atoms with Crippen molar-refractivity contribution in [1.82, 2.24) is 16.0 Å². The van der Waals surface area contributed by atoms with E-state index in [-0.39, 0.29) is 11.9 Å². The number of rotatable bonds is 9. The summed E-state index contributed by atoms with van der Waals surface area (Å²) in [5.41, 5.74) is 1.15. The van der Waals surface area contributed by atoms with Gasteiger partial charge in [-0.3, -0.25) is 9.79 Å². The van der Waals surface area contributed by atoms with E-state index in [0.717, 1.165) is 30.7 Å². The molecule has 134 valence electrons. The zero-order valence-corrected chi connectivity index (χ0v) is 15.2. The molecule has 0 aromatic heterocycles. The molecule has 0 aliphatic rings. The first-order valence-corrected chi connectivity index (χ1v) is 8.46. The zero-order valence-electron chi connectivity index (χ0n) is 15.2. The normalized spacial score (nSPS) is 12.4. The van der Waals surface area contributed by atoms with Crippen molar-refractivity contribution in [1.29, 1.82) is 0 Å². The maximum atomic E-state index is 11.7. The van der Waals surface area contributed by atoms with E-state index >= 15 is 0 Å². The van der Waals surface area contributed by atoms with Crippen LogP contribution in [0.4, 0.5) is 0 Å². The number of para-hydroxylation sites is 1. The molecule has 6 heteroatoms. The predicted molar refractivity (Wildman–Crippen MR) is 98.6 cm³/mol. The lowest BCUT2D eigenvalue weighted by Crippen LogP contribution is -2.41. The van der Waals surface area contributed by atoms with Crippen LogP contribution in [0.3, 0.4) is 0 Å². The van der Waals surface area contributed by atoms with Gasteiger partial charge < -0.3 is 20.7 Å². The topological polar surface area (TPSA) is 74.8 Å². The summed E-state index contributed by atoms with van der Waals surface area (Å²) in [7, 11) is 3.40. The highest BCUT2D eigenvalue weighted by atomic mass is 16.5. The highest BCUT2D eigenvalue weighted by molar-refractivity contribution is 5.81. The molecule has 24 heavy (non-hydrogen) atoms. The summed E-state index contributed by atoms with van der Waals surface area (Å²) in [6.45, 7) is 5.34. The van der Waals surface area contributed by atoms with Gasteiger partial charge >= 0.3 is 0 Å². The summed E-state index contributed by atoms with van der Waals surface area (Å²) >= 11 is 0. The van der Waals surface area contributed by atoms with Crippen LogP contribution in [-0.2, 0) is 11.2 Å². The Kier molecular flexibility index (Phi) is 9.34. The van der Waals surface area contributed by atoms with Gasteiger partial charge in [-0.2, -0.15) is 0 Å². The fourth-order valence-electron chi connectivity index (χ4n) is 2.19. The van der Waals surface area contributed by atoms with Crippen molar-refractivity contribution in [3.63, 3.8) is 0 Å². The molecule has 0 saturated heterocycles. The maximum Gasteiger partial charge on any atom is 0.221 e. The van der Waals surface area contributed by atoms with Crippen LogP contribution in [0.2, 0.25) is 0 Å². The zero-order chi connectivity index (χ0) is 17.8. The first-order valence-electron chi connectivity index (χ1n) is 8.46. The van der Waals surface area contributed by atoms with Gasteiger partial charge in [-0.05, 0) is 31.4 Å². The number of nitrogens with one attached hydrogen (secondary N) is 3. The van der Waals surface area contributed by atoms with E-state index in [9.17, 15) is 4.79 Å². The number of nitrogens with zero attached hydrogens (tertiary/aromatic N) is 1. The highest BCUT2D eigenvalue weighted by Crippen LogP contribution is 2.17. The molecule has 1 atom stereocenters. The quantitative estimate of drug-likeness (QED) is 0.475. The molecule has 1 rings (SSSR count). The van der Waals surface area contributed by atoms with Crippen LogP contribution in [0.15, 0.2) is 29.3 Å². The number of amides is 1. The number of aliphatic imine (C=N–C) groups is 1. The number of hydrogen-bond donors (Lipinski definition) is 3. The van der Waals surface area contributed by atoms with E-state index < -0.39 is 0 Å². The first kappa shape index (κ1) is 19.8. The molecular formula is C18H30N4O2. The van der Waals surface area contributed by atoms with Crippen LogP contribution < -0.4 is 20.7 Å². The molecule has 1 aromatic carbocycles. The van der Waals surface area contributed by atoms with Crippen molar-refractivity contribution in [2.45, 2.75) is 39.2 Å². The molecular weight excluding hydrogens is 304 g/mol. The lowest BCUT2D eigenvalue weighted by molar-refractivity contribution is -0.121. The minimum Gasteiger partial charge on any atom is -0.496 e. The van der Waals surface area contributed by atoms with E-state index in [4.69, 9.17) is 4.74 Å². The third-order valence-corrected chi connectivity index (χ3v) is 3.77. The molecule has 1 amide bonds. The molecule has 0 aliphatic carbocycles. The third-order valence-electron chi connectivity index (χ3n) is 3.77. The number of guanidine groups is 1. The number of hydrogen-bond acceptors (Lipinski definition) is 3. The Balaban J connectivity index is 2.29. The molecule has 3 N–H and O–H groups in total. The highest BCUT2D eigenvalue weighted by Gasteiger charge is 2.06. The minimum atomic E-state index is 0.0568. The molecule has 0 radical (unpaired) electrons. The largest absolute Gasteiger partial charge is 0.496 e. The minimum absolute atomic E-state index is 0.0568. The Morgan fingerprint density at radius 2 is 1.96 bits per heavy atom. The maximum absolute atomic E-state index is 11.7. The molecule has 0 fully saturated rings. The van der Waals surface area contributed by atoms with Crippen LogP contribution >= 0.6 is 0 Å². The molecule has 1 unspecified atom stereocenters. The van der Waals surface area contributed by atoms with Gasteiger partial charge in [-0.15, -0.1) is 0 Å². The van der Waals surface area contributed by atoms with Gasteiger partial charge in [0.25, 0.3) is 0 Å². The van der Waals surface area contributed by atoms with Crippen LogP contribution in [-0.4, -0.2) is 45.2 Å². The average molecular weight is 334 g/mol. The summed E-state index contributed by atoms with van der Waals surface area (Å²) in [5, 5.41) is 9.35. The third kappa shape index (κ3) is 7.35. The Bertz CT molecular complexity index is 532. The SMILES string of the molecule is CCC(C)NC(=O)CCNC(=NC)NCCc1ccccc1OC. The molecule has 0 aliphatic heterocycles. The van der Waals surface area contributed by atoms with Crippen LogP contribution in [0, 0.1) is 0 Å². The standard InChI is InChI=1S/C18H30N4O2/c1-5-14(2)22-17(23)11-13-21-18(19-3)20-12-10-15-8-6-7-9-16(15)24-4/h6-9,14H,5,10-13H2,1-4H3,(H,22,23)(H2,19,20,21). The van der Waals surface area contributed by atoms with E-state index in [2.05, 4.69) is 33.9 Å². The fraction of sp³-hybridized carbons (Fsp3) is 0.556. The van der Waals surface area contributed by atoms with Gasteiger partial charge in [0.05, 0.1) is 7.11 Å². The first-order chi connectivity index (χ1) is 11.6. The molecule has 0 spiro atoms.